The Kier molecular flexibility index (Phi) is 7.89. The van der Waals surface area contributed by atoms with Crippen molar-refractivity contribution in [3.05, 3.63) is 70.9 Å². The number of allylic oxidation sites excluding steroid dienone is 1. The van der Waals surface area contributed by atoms with Gasteiger partial charge in [0.25, 0.3) is 5.91 Å². The minimum Gasteiger partial charge on any atom is -0.342 e. The number of amides is 2. The monoisotopic (exact) mass is 540 g/mol. The third-order valence-electron chi connectivity index (χ3n) is 6.96. The van der Waals surface area contributed by atoms with Gasteiger partial charge in [-0.2, -0.15) is 18.3 Å². The Labute approximate surface area is 225 Å². The van der Waals surface area contributed by atoms with Crippen molar-refractivity contribution in [3.63, 3.8) is 0 Å². The number of nitrogens with one attached hydrogen (secondary N) is 1. The number of hydrogen-bond donors (Lipinski definition) is 1. The molecule has 11 heteroatoms. The number of rotatable bonds is 6. The summed E-state index contributed by atoms with van der Waals surface area (Å²) >= 11 is 0. The average Bonchev–Trinajstić information content (AvgIpc) is 3.29. The second-order valence-electron chi connectivity index (χ2n) is 10.1. The maximum absolute atomic E-state index is 13.0. The molecular formula is C28H31F3N6O2. The van der Waals surface area contributed by atoms with Gasteiger partial charge in [0.15, 0.2) is 5.82 Å². The highest BCUT2D eigenvalue weighted by Gasteiger charge is 2.31. The molecule has 39 heavy (non-hydrogen) atoms. The van der Waals surface area contributed by atoms with Crippen LogP contribution in [0.2, 0.25) is 0 Å². The highest BCUT2D eigenvalue weighted by atomic mass is 19.4. The molecule has 2 amide bonds. The molecule has 0 saturated heterocycles. The van der Waals surface area contributed by atoms with Crippen molar-refractivity contribution < 1.29 is 22.8 Å². The number of aryl methyl sites for hydroxylation is 1. The van der Waals surface area contributed by atoms with E-state index in [1.54, 1.807) is 13.1 Å². The van der Waals surface area contributed by atoms with E-state index in [1.807, 2.05) is 38.8 Å². The van der Waals surface area contributed by atoms with E-state index in [0.717, 1.165) is 48.4 Å². The predicted molar refractivity (Wildman–Crippen MR) is 141 cm³/mol. The number of alkyl halides is 3. The first-order chi connectivity index (χ1) is 18.4. The van der Waals surface area contributed by atoms with Crippen molar-refractivity contribution in [2.24, 2.45) is 5.92 Å². The average molecular weight is 541 g/mol. The van der Waals surface area contributed by atoms with Crippen LogP contribution >= 0.6 is 0 Å². The lowest BCUT2D eigenvalue weighted by Crippen LogP contribution is -2.40. The summed E-state index contributed by atoms with van der Waals surface area (Å²) in [5.41, 5.74) is 3.24. The minimum absolute atomic E-state index is 0.0355. The van der Waals surface area contributed by atoms with E-state index in [-0.39, 0.29) is 29.2 Å². The molecule has 1 atom stereocenters. The Balaban J connectivity index is 1.44. The van der Waals surface area contributed by atoms with Crippen LogP contribution < -0.4 is 5.32 Å². The summed E-state index contributed by atoms with van der Waals surface area (Å²) in [4.78, 5) is 35.6. The lowest BCUT2D eigenvalue weighted by Gasteiger charge is -2.32. The molecule has 0 saturated carbocycles. The lowest BCUT2D eigenvalue weighted by molar-refractivity contribution is -0.138. The molecule has 4 rings (SSSR count). The predicted octanol–water partition coefficient (Wildman–Crippen LogP) is 5.60. The maximum Gasteiger partial charge on any atom is 0.417 e. The molecule has 0 bridgehead atoms. The fraction of sp³-hybridized carbons (Fsp3) is 0.393. The zero-order valence-electron chi connectivity index (χ0n) is 22.5. The van der Waals surface area contributed by atoms with Crippen LogP contribution in [0.25, 0.3) is 11.4 Å². The van der Waals surface area contributed by atoms with E-state index in [4.69, 9.17) is 0 Å². The first kappa shape index (κ1) is 28.0. The van der Waals surface area contributed by atoms with Gasteiger partial charge in [0, 0.05) is 25.2 Å². The second kappa shape index (κ2) is 11.0. The first-order valence-corrected chi connectivity index (χ1v) is 12.7. The Hall–Kier alpha value is -4.02. The summed E-state index contributed by atoms with van der Waals surface area (Å²) in [6, 6.07) is 4.15. The number of halogens is 3. The zero-order chi connectivity index (χ0) is 28.5. The summed E-state index contributed by atoms with van der Waals surface area (Å²) in [5, 5.41) is 6.96. The first-order valence-electron chi connectivity index (χ1n) is 12.7. The fourth-order valence-electron chi connectivity index (χ4n) is 4.69. The Morgan fingerprint density at radius 1 is 1.13 bits per heavy atom. The van der Waals surface area contributed by atoms with Crippen molar-refractivity contribution >= 4 is 23.1 Å². The molecule has 0 aromatic carbocycles. The highest BCUT2D eigenvalue weighted by Crippen LogP contribution is 2.31. The molecule has 0 spiro atoms. The molecule has 0 fully saturated rings. The van der Waals surface area contributed by atoms with Gasteiger partial charge in [-0.15, -0.1) is 0 Å². The van der Waals surface area contributed by atoms with Gasteiger partial charge in [0.1, 0.15) is 0 Å². The molecule has 3 aromatic heterocycles. The lowest BCUT2D eigenvalue weighted by atomic mass is 9.90. The summed E-state index contributed by atoms with van der Waals surface area (Å²) in [6.07, 6.45) is 3.75. The van der Waals surface area contributed by atoms with E-state index in [0.29, 0.717) is 11.4 Å². The third kappa shape index (κ3) is 6.02. The van der Waals surface area contributed by atoms with Crippen LogP contribution in [-0.4, -0.2) is 49.6 Å². The normalized spacial score (nSPS) is 15.7. The van der Waals surface area contributed by atoms with E-state index >= 15 is 0 Å². The number of pyridine rings is 2. The molecule has 1 N–H and O–H groups in total. The summed E-state index contributed by atoms with van der Waals surface area (Å²) < 4.78 is 39.8. The van der Waals surface area contributed by atoms with Gasteiger partial charge in [-0.3, -0.25) is 14.6 Å². The molecule has 0 radical (unpaired) electrons. The summed E-state index contributed by atoms with van der Waals surface area (Å²) in [5.74, 6) is -0.143. The molecule has 1 aliphatic rings. The van der Waals surface area contributed by atoms with E-state index in [2.05, 4.69) is 26.5 Å². The van der Waals surface area contributed by atoms with Gasteiger partial charge in [-0.05, 0) is 62.4 Å². The molecular weight excluding hydrogens is 509 g/mol. The molecule has 1 unspecified atom stereocenters. The maximum atomic E-state index is 13.0. The van der Waals surface area contributed by atoms with Crippen molar-refractivity contribution in [3.8, 4) is 5.82 Å². The van der Waals surface area contributed by atoms with Crippen molar-refractivity contribution in [1.29, 1.82) is 0 Å². The van der Waals surface area contributed by atoms with Crippen LogP contribution in [0.4, 0.5) is 18.9 Å². The Bertz CT molecular complexity index is 1410. The number of anilines is 1. The number of carbonyl (C=O) groups excluding carboxylic acids is 2. The van der Waals surface area contributed by atoms with E-state index in [9.17, 15) is 22.8 Å². The molecule has 1 aliphatic carbocycles. The van der Waals surface area contributed by atoms with Crippen LogP contribution in [0.5, 0.6) is 0 Å². The molecule has 8 nitrogen and oxygen atoms in total. The SMILES string of the molecule is Cc1cc(NC(=O)c2cnn(-c3ccc(C(F)(F)F)cn3)c2C)cnc1C1=CCC(N(C)C(=O)C(C)C)CC1. The standard InChI is InChI=1S/C28H31F3N6O2/c1-16(2)27(39)36(5)22-9-6-19(7-10-22)25-17(3)12-21(14-33-25)35-26(38)23-15-34-37(18(23)4)24-11-8-20(13-32-24)28(29,30)31/h6,8,11-16,22H,7,9-10H2,1-5H3,(H,35,38). The molecule has 3 heterocycles. The van der Waals surface area contributed by atoms with Crippen molar-refractivity contribution in [1.82, 2.24) is 24.6 Å². The zero-order valence-corrected chi connectivity index (χ0v) is 22.5. The van der Waals surface area contributed by atoms with Crippen LogP contribution in [0.3, 0.4) is 0 Å². The van der Waals surface area contributed by atoms with Crippen LogP contribution in [0.15, 0.2) is 42.9 Å². The second-order valence-corrected chi connectivity index (χ2v) is 10.1. The topological polar surface area (TPSA) is 93.0 Å². The van der Waals surface area contributed by atoms with Gasteiger partial charge >= 0.3 is 6.18 Å². The Morgan fingerprint density at radius 3 is 2.44 bits per heavy atom. The van der Waals surface area contributed by atoms with Gasteiger partial charge in [0.2, 0.25) is 5.91 Å². The fourth-order valence-corrected chi connectivity index (χ4v) is 4.69. The molecule has 0 aliphatic heterocycles. The van der Waals surface area contributed by atoms with Crippen LogP contribution in [0.1, 0.15) is 66.0 Å². The largest absolute Gasteiger partial charge is 0.417 e. The summed E-state index contributed by atoms with van der Waals surface area (Å²) in [7, 11) is 1.86. The number of hydrogen-bond acceptors (Lipinski definition) is 5. The van der Waals surface area contributed by atoms with E-state index in [1.165, 1.54) is 16.9 Å². The van der Waals surface area contributed by atoms with Gasteiger partial charge < -0.3 is 10.2 Å². The van der Waals surface area contributed by atoms with Crippen molar-refractivity contribution in [2.75, 3.05) is 12.4 Å². The van der Waals surface area contributed by atoms with Gasteiger partial charge in [-0.25, -0.2) is 9.67 Å². The van der Waals surface area contributed by atoms with Crippen LogP contribution in [-0.2, 0) is 11.0 Å². The molecule has 206 valence electrons. The number of aromatic nitrogens is 4. The summed E-state index contributed by atoms with van der Waals surface area (Å²) in [6.45, 7) is 7.38. The van der Waals surface area contributed by atoms with Crippen LogP contribution in [0, 0.1) is 19.8 Å². The number of nitrogens with zero attached hydrogens (tertiary/aromatic N) is 5. The Morgan fingerprint density at radius 2 is 1.87 bits per heavy atom. The molecule has 3 aromatic rings. The quantitative estimate of drug-likeness (QED) is 0.439. The number of carbonyl (C=O) groups is 2. The third-order valence-corrected chi connectivity index (χ3v) is 6.96. The van der Waals surface area contributed by atoms with Crippen molar-refractivity contribution in [2.45, 2.75) is 59.2 Å². The minimum atomic E-state index is -4.49. The van der Waals surface area contributed by atoms with E-state index < -0.39 is 17.6 Å². The highest BCUT2D eigenvalue weighted by molar-refractivity contribution is 6.05. The van der Waals surface area contributed by atoms with Gasteiger partial charge in [-0.1, -0.05) is 19.9 Å². The van der Waals surface area contributed by atoms with Gasteiger partial charge in [0.05, 0.1) is 40.6 Å². The smallest absolute Gasteiger partial charge is 0.342 e.